The monoisotopic (exact) mass is 301 g/mol. The molecule has 2 fully saturated rings. The lowest BCUT2D eigenvalue weighted by Gasteiger charge is -2.40. The smallest absolute Gasteiger partial charge is 0.232 e. The van der Waals surface area contributed by atoms with E-state index < -0.39 is 5.41 Å². The zero-order chi connectivity index (χ0) is 15.6. The van der Waals surface area contributed by atoms with Crippen LogP contribution in [0.15, 0.2) is 30.3 Å². The summed E-state index contributed by atoms with van der Waals surface area (Å²) in [5, 5.41) is 3.43. The summed E-state index contributed by atoms with van der Waals surface area (Å²) in [5.74, 6) is 0.253. The summed E-state index contributed by atoms with van der Waals surface area (Å²) >= 11 is 0. The molecular formula is C18H27N3O. The topological polar surface area (TPSA) is 35.6 Å². The van der Waals surface area contributed by atoms with E-state index >= 15 is 0 Å². The molecule has 1 atom stereocenters. The Morgan fingerprint density at radius 3 is 2.41 bits per heavy atom. The van der Waals surface area contributed by atoms with Crippen molar-refractivity contribution in [3.8, 4) is 0 Å². The van der Waals surface area contributed by atoms with Gasteiger partial charge in [0.1, 0.15) is 0 Å². The van der Waals surface area contributed by atoms with Gasteiger partial charge in [0.2, 0.25) is 5.91 Å². The fraction of sp³-hybridized carbons (Fsp3) is 0.611. The first-order chi connectivity index (χ1) is 10.6. The van der Waals surface area contributed by atoms with E-state index in [2.05, 4.69) is 22.3 Å². The van der Waals surface area contributed by atoms with Crippen molar-refractivity contribution < 1.29 is 4.79 Å². The van der Waals surface area contributed by atoms with Crippen LogP contribution in [0.1, 0.15) is 25.8 Å². The SMILES string of the molecule is CC(C)(C(=O)N1CCN(C2CCNC2)CC1)c1ccccc1. The highest BCUT2D eigenvalue weighted by Crippen LogP contribution is 2.26. The molecule has 2 saturated heterocycles. The number of nitrogens with zero attached hydrogens (tertiary/aromatic N) is 2. The zero-order valence-electron chi connectivity index (χ0n) is 13.7. The number of nitrogens with one attached hydrogen (secondary N) is 1. The molecule has 1 aromatic rings. The van der Waals surface area contributed by atoms with Gasteiger partial charge in [-0.2, -0.15) is 0 Å². The van der Waals surface area contributed by atoms with Crippen molar-refractivity contribution in [2.45, 2.75) is 31.7 Å². The van der Waals surface area contributed by atoms with Gasteiger partial charge in [-0.3, -0.25) is 9.69 Å². The van der Waals surface area contributed by atoms with Crippen molar-refractivity contribution in [1.29, 1.82) is 0 Å². The summed E-state index contributed by atoms with van der Waals surface area (Å²) in [6.45, 7) is 10.0. The maximum Gasteiger partial charge on any atom is 0.232 e. The summed E-state index contributed by atoms with van der Waals surface area (Å²) in [7, 11) is 0. The Morgan fingerprint density at radius 2 is 1.82 bits per heavy atom. The Balaban J connectivity index is 1.62. The number of carbonyl (C=O) groups excluding carboxylic acids is 1. The van der Waals surface area contributed by atoms with Crippen LogP contribution >= 0.6 is 0 Å². The molecule has 0 radical (unpaired) electrons. The molecule has 0 spiro atoms. The van der Waals surface area contributed by atoms with Gasteiger partial charge in [0.25, 0.3) is 0 Å². The molecule has 1 N–H and O–H groups in total. The number of piperazine rings is 1. The Labute approximate surface area is 133 Å². The fourth-order valence-corrected chi connectivity index (χ4v) is 3.61. The molecule has 2 heterocycles. The molecule has 0 aromatic heterocycles. The molecule has 1 amide bonds. The van der Waals surface area contributed by atoms with Crippen LogP contribution in [0, 0.1) is 0 Å². The zero-order valence-corrected chi connectivity index (χ0v) is 13.7. The second-order valence-electron chi connectivity index (χ2n) is 6.97. The van der Waals surface area contributed by atoms with Crippen LogP contribution in [0.5, 0.6) is 0 Å². The summed E-state index contributed by atoms with van der Waals surface area (Å²) in [4.78, 5) is 17.5. The van der Waals surface area contributed by atoms with Gasteiger partial charge < -0.3 is 10.2 Å². The summed E-state index contributed by atoms with van der Waals surface area (Å²) in [5.41, 5.74) is 0.653. The fourth-order valence-electron chi connectivity index (χ4n) is 3.61. The summed E-state index contributed by atoms with van der Waals surface area (Å²) in [6.07, 6.45) is 1.24. The van der Waals surface area contributed by atoms with Gasteiger partial charge in [0.05, 0.1) is 5.41 Å². The lowest BCUT2D eigenvalue weighted by Crippen LogP contribution is -2.55. The number of carbonyl (C=O) groups is 1. The number of benzene rings is 1. The third kappa shape index (κ3) is 3.03. The largest absolute Gasteiger partial charge is 0.339 e. The molecule has 2 aliphatic rings. The molecule has 4 heteroatoms. The van der Waals surface area contributed by atoms with Crippen molar-refractivity contribution >= 4 is 5.91 Å². The molecule has 1 aromatic carbocycles. The second-order valence-corrected chi connectivity index (χ2v) is 6.97. The van der Waals surface area contributed by atoms with Crippen molar-refractivity contribution in [2.75, 3.05) is 39.3 Å². The van der Waals surface area contributed by atoms with E-state index in [-0.39, 0.29) is 5.91 Å². The molecule has 22 heavy (non-hydrogen) atoms. The van der Waals surface area contributed by atoms with Gasteiger partial charge in [-0.1, -0.05) is 30.3 Å². The lowest BCUT2D eigenvalue weighted by molar-refractivity contribution is -0.138. The van der Waals surface area contributed by atoms with Crippen LogP contribution in [-0.2, 0) is 10.2 Å². The van der Waals surface area contributed by atoms with Crippen LogP contribution in [0.4, 0.5) is 0 Å². The Morgan fingerprint density at radius 1 is 1.14 bits per heavy atom. The van der Waals surface area contributed by atoms with Crippen molar-refractivity contribution in [1.82, 2.24) is 15.1 Å². The normalized spacial score (nSPS) is 23.7. The predicted molar refractivity (Wildman–Crippen MR) is 88.9 cm³/mol. The van der Waals surface area contributed by atoms with Crippen LogP contribution in [0.3, 0.4) is 0 Å². The first kappa shape index (κ1) is 15.5. The molecule has 0 saturated carbocycles. The minimum absolute atomic E-state index is 0.253. The van der Waals surface area contributed by atoms with Gasteiger partial charge in [-0.15, -0.1) is 0 Å². The Bertz CT molecular complexity index is 500. The minimum Gasteiger partial charge on any atom is -0.339 e. The molecule has 0 aliphatic carbocycles. The molecule has 2 aliphatic heterocycles. The number of amides is 1. The van der Waals surface area contributed by atoms with E-state index in [1.807, 2.05) is 36.9 Å². The van der Waals surface area contributed by atoms with Gasteiger partial charge in [-0.05, 0) is 32.4 Å². The molecule has 1 unspecified atom stereocenters. The third-order valence-corrected chi connectivity index (χ3v) is 5.18. The van der Waals surface area contributed by atoms with E-state index in [9.17, 15) is 4.79 Å². The Kier molecular flexibility index (Phi) is 4.50. The van der Waals surface area contributed by atoms with Gasteiger partial charge in [0, 0.05) is 38.8 Å². The maximum absolute atomic E-state index is 12.9. The van der Waals surface area contributed by atoms with Gasteiger partial charge in [0.15, 0.2) is 0 Å². The Hall–Kier alpha value is -1.39. The maximum atomic E-state index is 12.9. The average molecular weight is 301 g/mol. The predicted octanol–water partition coefficient (Wildman–Crippen LogP) is 1.47. The van der Waals surface area contributed by atoms with Crippen LogP contribution < -0.4 is 5.32 Å². The third-order valence-electron chi connectivity index (χ3n) is 5.18. The van der Waals surface area contributed by atoms with Crippen molar-refractivity contribution in [3.05, 3.63) is 35.9 Å². The molecule has 0 bridgehead atoms. The quantitative estimate of drug-likeness (QED) is 0.918. The van der Waals surface area contributed by atoms with E-state index in [1.165, 1.54) is 6.42 Å². The number of hydrogen-bond donors (Lipinski definition) is 1. The molecule has 120 valence electrons. The lowest BCUT2D eigenvalue weighted by atomic mass is 9.83. The van der Waals surface area contributed by atoms with Crippen LogP contribution in [0.25, 0.3) is 0 Å². The highest BCUT2D eigenvalue weighted by atomic mass is 16.2. The minimum atomic E-state index is -0.446. The summed E-state index contributed by atoms with van der Waals surface area (Å²) in [6, 6.07) is 10.8. The average Bonchev–Trinajstić information content (AvgIpc) is 3.09. The summed E-state index contributed by atoms with van der Waals surface area (Å²) < 4.78 is 0. The van der Waals surface area contributed by atoms with E-state index in [0.717, 1.165) is 44.8 Å². The van der Waals surface area contributed by atoms with Gasteiger partial charge in [-0.25, -0.2) is 0 Å². The first-order valence-corrected chi connectivity index (χ1v) is 8.39. The van der Waals surface area contributed by atoms with E-state index in [0.29, 0.717) is 6.04 Å². The van der Waals surface area contributed by atoms with Crippen molar-refractivity contribution in [3.63, 3.8) is 0 Å². The molecule has 3 rings (SSSR count). The second kappa shape index (κ2) is 6.39. The van der Waals surface area contributed by atoms with Gasteiger partial charge >= 0.3 is 0 Å². The van der Waals surface area contributed by atoms with E-state index in [4.69, 9.17) is 0 Å². The first-order valence-electron chi connectivity index (χ1n) is 8.39. The molecular weight excluding hydrogens is 274 g/mol. The highest BCUT2D eigenvalue weighted by Gasteiger charge is 2.36. The highest BCUT2D eigenvalue weighted by molar-refractivity contribution is 5.87. The standard InChI is InChI=1S/C18H27N3O/c1-18(2,15-6-4-3-5-7-15)17(22)21-12-10-20(11-13-21)16-8-9-19-14-16/h3-7,16,19H,8-14H2,1-2H3. The van der Waals surface area contributed by atoms with Crippen molar-refractivity contribution in [2.24, 2.45) is 0 Å². The number of hydrogen-bond acceptors (Lipinski definition) is 3. The molecule has 4 nitrogen and oxygen atoms in total. The van der Waals surface area contributed by atoms with E-state index in [1.54, 1.807) is 0 Å². The van der Waals surface area contributed by atoms with Crippen LogP contribution in [-0.4, -0.2) is 61.0 Å². The van der Waals surface area contributed by atoms with Crippen LogP contribution in [0.2, 0.25) is 0 Å². The number of rotatable bonds is 3.